The molecule has 1 heteroatoms. The zero-order chi connectivity index (χ0) is 10.5. The maximum absolute atomic E-state index is 5.83. The van der Waals surface area contributed by atoms with E-state index in [4.69, 9.17) is 11.6 Å². The highest BCUT2D eigenvalue weighted by atomic mass is 35.5. The predicted octanol–water partition coefficient (Wildman–Crippen LogP) is 4.71. The minimum atomic E-state index is 0.714. The van der Waals surface area contributed by atoms with Gasteiger partial charge in [0.2, 0.25) is 0 Å². The van der Waals surface area contributed by atoms with Crippen molar-refractivity contribution >= 4 is 17.7 Å². The maximum atomic E-state index is 5.83. The molecule has 0 spiro atoms. The SMILES string of the molecule is Clc1ccc(/C=C/C2CC=CCC2)cc1. The minimum absolute atomic E-state index is 0.714. The molecule has 0 fully saturated rings. The minimum Gasteiger partial charge on any atom is -0.0885 e. The summed E-state index contributed by atoms with van der Waals surface area (Å²) in [6, 6.07) is 7.97. The van der Waals surface area contributed by atoms with E-state index < -0.39 is 0 Å². The van der Waals surface area contributed by atoms with Crippen LogP contribution in [0.1, 0.15) is 24.8 Å². The number of hydrogen-bond acceptors (Lipinski definition) is 0. The lowest BCUT2D eigenvalue weighted by Crippen LogP contribution is -1.97. The fourth-order valence-electron chi connectivity index (χ4n) is 1.81. The van der Waals surface area contributed by atoms with Crippen molar-refractivity contribution in [1.82, 2.24) is 0 Å². The highest BCUT2D eigenvalue weighted by molar-refractivity contribution is 6.30. The average Bonchev–Trinajstić information content (AvgIpc) is 2.30. The molecule has 1 unspecified atom stereocenters. The van der Waals surface area contributed by atoms with E-state index in [1.807, 2.05) is 12.1 Å². The second-order valence-electron chi connectivity index (χ2n) is 3.96. The summed E-state index contributed by atoms with van der Waals surface area (Å²) in [6.07, 6.45) is 12.7. The van der Waals surface area contributed by atoms with E-state index in [-0.39, 0.29) is 0 Å². The molecule has 1 aliphatic rings. The van der Waals surface area contributed by atoms with Crippen LogP contribution in [0.3, 0.4) is 0 Å². The van der Waals surface area contributed by atoms with Crippen molar-refractivity contribution in [2.24, 2.45) is 5.92 Å². The summed E-state index contributed by atoms with van der Waals surface area (Å²) >= 11 is 5.83. The summed E-state index contributed by atoms with van der Waals surface area (Å²) in [5.41, 5.74) is 1.23. The molecule has 1 aromatic carbocycles. The van der Waals surface area contributed by atoms with Crippen LogP contribution < -0.4 is 0 Å². The van der Waals surface area contributed by atoms with Gasteiger partial charge in [0.25, 0.3) is 0 Å². The molecule has 1 atom stereocenters. The van der Waals surface area contributed by atoms with Crippen molar-refractivity contribution in [3.8, 4) is 0 Å². The largest absolute Gasteiger partial charge is 0.0885 e. The van der Waals surface area contributed by atoms with Crippen molar-refractivity contribution in [2.45, 2.75) is 19.3 Å². The fraction of sp³-hybridized carbons (Fsp3) is 0.286. The van der Waals surface area contributed by atoms with Gasteiger partial charge in [-0.15, -0.1) is 0 Å². The molecule has 0 N–H and O–H groups in total. The summed E-state index contributed by atoms with van der Waals surface area (Å²) < 4.78 is 0. The Hall–Kier alpha value is -1.01. The van der Waals surface area contributed by atoms with Crippen molar-refractivity contribution in [3.05, 3.63) is 53.1 Å². The Labute approximate surface area is 96.3 Å². The van der Waals surface area contributed by atoms with Crippen LogP contribution in [-0.2, 0) is 0 Å². The highest BCUT2D eigenvalue weighted by Crippen LogP contribution is 2.20. The van der Waals surface area contributed by atoms with Crippen LogP contribution in [0.4, 0.5) is 0 Å². The Kier molecular flexibility index (Phi) is 3.63. The second kappa shape index (κ2) is 5.18. The molecule has 0 heterocycles. The molecule has 0 aliphatic heterocycles. The van der Waals surface area contributed by atoms with Crippen LogP contribution in [-0.4, -0.2) is 0 Å². The Balaban J connectivity index is 1.98. The van der Waals surface area contributed by atoms with Gasteiger partial charge in [-0.25, -0.2) is 0 Å². The van der Waals surface area contributed by atoms with Gasteiger partial charge in [0.05, 0.1) is 0 Å². The standard InChI is InChI=1S/C14H15Cl/c15-14-10-8-13(9-11-14)7-6-12-4-2-1-3-5-12/h1-2,6-12H,3-5H2/b7-6+. The first-order valence-corrected chi connectivity index (χ1v) is 5.81. The molecule has 0 saturated heterocycles. The molecular weight excluding hydrogens is 204 g/mol. The van der Waals surface area contributed by atoms with Gasteiger partial charge in [-0.1, -0.05) is 48.0 Å². The van der Waals surface area contributed by atoms with E-state index in [0.717, 1.165) is 5.02 Å². The summed E-state index contributed by atoms with van der Waals surface area (Å²) in [5, 5.41) is 0.799. The fourth-order valence-corrected chi connectivity index (χ4v) is 1.94. The first-order valence-electron chi connectivity index (χ1n) is 5.43. The molecule has 0 saturated carbocycles. The molecule has 1 aromatic rings. The third-order valence-corrected chi connectivity index (χ3v) is 2.99. The first-order chi connectivity index (χ1) is 7.34. The second-order valence-corrected chi connectivity index (χ2v) is 4.39. The zero-order valence-electron chi connectivity index (χ0n) is 8.70. The highest BCUT2D eigenvalue weighted by Gasteiger charge is 2.04. The summed E-state index contributed by atoms with van der Waals surface area (Å²) in [6.45, 7) is 0. The Morgan fingerprint density at radius 2 is 1.93 bits per heavy atom. The maximum Gasteiger partial charge on any atom is 0.0406 e. The van der Waals surface area contributed by atoms with E-state index in [9.17, 15) is 0 Å². The number of hydrogen-bond donors (Lipinski definition) is 0. The van der Waals surface area contributed by atoms with E-state index in [1.165, 1.54) is 24.8 Å². The monoisotopic (exact) mass is 218 g/mol. The van der Waals surface area contributed by atoms with Crippen LogP contribution >= 0.6 is 11.6 Å². The topological polar surface area (TPSA) is 0 Å². The van der Waals surface area contributed by atoms with Crippen molar-refractivity contribution in [3.63, 3.8) is 0 Å². The van der Waals surface area contributed by atoms with Gasteiger partial charge in [0.1, 0.15) is 0 Å². The van der Waals surface area contributed by atoms with Gasteiger partial charge >= 0.3 is 0 Å². The van der Waals surface area contributed by atoms with Gasteiger partial charge in [0, 0.05) is 5.02 Å². The van der Waals surface area contributed by atoms with Gasteiger partial charge in [-0.05, 0) is 42.9 Å². The van der Waals surface area contributed by atoms with Crippen LogP contribution in [0.15, 0.2) is 42.5 Å². The predicted molar refractivity (Wildman–Crippen MR) is 67.0 cm³/mol. The van der Waals surface area contributed by atoms with Gasteiger partial charge in [-0.2, -0.15) is 0 Å². The molecule has 0 amide bonds. The summed E-state index contributed by atoms with van der Waals surface area (Å²) in [7, 11) is 0. The lowest BCUT2D eigenvalue weighted by atomic mass is 9.93. The van der Waals surface area contributed by atoms with Crippen LogP contribution in [0.5, 0.6) is 0 Å². The Morgan fingerprint density at radius 3 is 2.60 bits per heavy atom. The van der Waals surface area contributed by atoms with Crippen molar-refractivity contribution in [2.75, 3.05) is 0 Å². The first kappa shape index (κ1) is 10.5. The zero-order valence-corrected chi connectivity index (χ0v) is 9.45. The molecule has 2 rings (SSSR count). The summed E-state index contributed by atoms with van der Waals surface area (Å²) in [4.78, 5) is 0. The average molecular weight is 219 g/mol. The third-order valence-electron chi connectivity index (χ3n) is 2.74. The van der Waals surface area contributed by atoms with Crippen LogP contribution in [0.25, 0.3) is 6.08 Å². The number of rotatable bonds is 2. The molecular formula is C14H15Cl. The molecule has 0 bridgehead atoms. The van der Waals surface area contributed by atoms with E-state index in [2.05, 4.69) is 36.4 Å². The lowest BCUT2D eigenvalue weighted by Gasteiger charge is -2.12. The van der Waals surface area contributed by atoms with E-state index in [1.54, 1.807) is 0 Å². The Morgan fingerprint density at radius 1 is 1.13 bits per heavy atom. The molecule has 0 radical (unpaired) electrons. The molecule has 15 heavy (non-hydrogen) atoms. The number of benzene rings is 1. The van der Waals surface area contributed by atoms with Gasteiger partial charge in [0.15, 0.2) is 0 Å². The lowest BCUT2D eigenvalue weighted by molar-refractivity contribution is 0.586. The molecule has 78 valence electrons. The molecule has 1 aliphatic carbocycles. The van der Waals surface area contributed by atoms with Gasteiger partial charge in [-0.3, -0.25) is 0 Å². The van der Waals surface area contributed by atoms with E-state index in [0.29, 0.717) is 5.92 Å². The Bertz CT molecular complexity index is 359. The number of allylic oxidation sites excluding steroid dienone is 3. The third kappa shape index (κ3) is 3.24. The van der Waals surface area contributed by atoms with Crippen LogP contribution in [0, 0.1) is 5.92 Å². The van der Waals surface area contributed by atoms with Gasteiger partial charge < -0.3 is 0 Å². The number of halogens is 1. The molecule has 0 nitrogen and oxygen atoms in total. The smallest absolute Gasteiger partial charge is 0.0406 e. The normalized spacial score (nSPS) is 21.0. The van der Waals surface area contributed by atoms with Crippen molar-refractivity contribution in [1.29, 1.82) is 0 Å². The van der Waals surface area contributed by atoms with Crippen LogP contribution in [0.2, 0.25) is 5.02 Å². The molecule has 0 aromatic heterocycles. The summed E-state index contributed by atoms with van der Waals surface area (Å²) in [5.74, 6) is 0.714. The van der Waals surface area contributed by atoms with E-state index >= 15 is 0 Å². The van der Waals surface area contributed by atoms with Crippen molar-refractivity contribution < 1.29 is 0 Å². The quantitative estimate of drug-likeness (QED) is 0.631.